The van der Waals surface area contributed by atoms with Crippen LogP contribution < -0.4 is 4.74 Å². The third-order valence-corrected chi connectivity index (χ3v) is 6.48. The van der Waals surface area contributed by atoms with Crippen molar-refractivity contribution in [1.29, 1.82) is 0 Å². The van der Waals surface area contributed by atoms with E-state index in [0.717, 1.165) is 34.8 Å². The number of Topliss-reactive ketones (excluding diaryl/α,β-unsaturated/α-hetero) is 1. The molecule has 0 spiro atoms. The van der Waals surface area contributed by atoms with Gasteiger partial charge in [-0.3, -0.25) is 9.69 Å². The molecule has 0 saturated carbocycles. The number of likely N-dealkylation sites (tertiary alicyclic amines) is 1. The van der Waals surface area contributed by atoms with E-state index in [2.05, 4.69) is 27.8 Å². The zero-order valence-electron chi connectivity index (χ0n) is 16.7. The summed E-state index contributed by atoms with van der Waals surface area (Å²) in [6.45, 7) is 3.75. The minimum atomic E-state index is -0.195. The number of aromatic hydroxyl groups is 1. The first-order valence-electron chi connectivity index (χ1n) is 10.2. The van der Waals surface area contributed by atoms with Crippen molar-refractivity contribution in [2.75, 3.05) is 6.54 Å². The average molecular weight is 468 g/mol. The van der Waals surface area contributed by atoms with Gasteiger partial charge < -0.3 is 14.3 Å². The molecular weight excluding hydrogens is 446 g/mol. The Hall–Kier alpha value is -2.57. The molecule has 2 aliphatic rings. The van der Waals surface area contributed by atoms with Gasteiger partial charge in [0, 0.05) is 28.5 Å². The second-order valence-corrected chi connectivity index (χ2v) is 8.94. The number of nitrogens with zero attached hydrogens (tertiary/aromatic N) is 1. The number of furan rings is 1. The molecule has 154 valence electrons. The standard InChI is InChI=1S/C24H22BrNO4/c1-14-4-2-3-9-26(14)13-19-20(27)7-6-18-23(28)22(30-24(18)19)12-17-11-15-10-16(25)5-8-21(15)29-17/h5-8,10-12,14,27H,2-4,9,13H2,1H3/b22-12-/t14-/m1/s1. The first-order valence-corrected chi connectivity index (χ1v) is 11.0. The lowest BCUT2D eigenvalue weighted by atomic mass is 10.0. The fraction of sp³-hybridized carbons (Fsp3) is 0.292. The summed E-state index contributed by atoms with van der Waals surface area (Å²) in [6, 6.07) is 11.3. The number of hydrogen-bond acceptors (Lipinski definition) is 5. The lowest BCUT2D eigenvalue weighted by Gasteiger charge is -2.33. The molecule has 1 fully saturated rings. The van der Waals surface area contributed by atoms with Crippen molar-refractivity contribution in [1.82, 2.24) is 4.90 Å². The predicted molar refractivity (Wildman–Crippen MR) is 119 cm³/mol. The van der Waals surface area contributed by atoms with E-state index < -0.39 is 0 Å². The molecule has 0 unspecified atom stereocenters. The molecule has 1 saturated heterocycles. The van der Waals surface area contributed by atoms with Crippen LogP contribution in [0.5, 0.6) is 11.5 Å². The summed E-state index contributed by atoms with van der Waals surface area (Å²) in [7, 11) is 0. The van der Waals surface area contributed by atoms with Crippen LogP contribution in [-0.4, -0.2) is 28.4 Å². The number of benzene rings is 2. The number of rotatable bonds is 3. The quantitative estimate of drug-likeness (QED) is 0.486. The van der Waals surface area contributed by atoms with Crippen LogP contribution in [0.1, 0.15) is 47.9 Å². The van der Waals surface area contributed by atoms with E-state index in [1.54, 1.807) is 18.2 Å². The Morgan fingerprint density at radius 3 is 2.93 bits per heavy atom. The number of carbonyl (C=O) groups excluding carboxylic acids is 1. The maximum absolute atomic E-state index is 13.0. The highest BCUT2D eigenvalue weighted by atomic mass is 79.9. The Morgan fingerprint density at radius 1 is 1.23 bits per heavy atom. The number of carbonyl (C=O) groups is 1. The van der Waals surface area contributed by atoms with Crippen molar-refractivity contribution in [3.05, 3.63) is 63.5 Å². The maximum atomic E-state index is 13.0. The zero-order chi connectivity index (χ0) is 20.8. The number of allylic oxidation sites excluding steroid dienone is 1. The van der Waals surface area contributed by atoms with Crippen molar-refractivity contribution < 1.29 is 19.1 Å². The van der Waals surface area contributed by atoms with Gasteiger partial charge in [0.05, 0.1) is 11.1 Å². The van der Waals surface area contributed by atoms with Gasteiger partial charge in [-0.1, -0.05) is 22.4 Å². The van der Waals surface area contributed by atoms with E-state index in [9.17, 15) is 9.90 Å². The highest BCUT2D eigenvalue weighted by molar-refractivity contribution is 9.10. The number of ether oxygens (including phenoxy) is 1. The molecule has 30 heavy (non-hydrogen) atoms. The molecule has 2 aromatic carbocycles. The number of piperidine rings is 1. The maximum Gasteiger partial charge on any atom is 0.232 e. The average Bonchev–Trinajstić information content (AvgIpc) is 3.26. The number of phenols is 1. The summed E-state index contributed by atoms with van der Waals surface area (Å²) in [5, 5.41) is 11.5. The van der Waals surface area contributed by atoms with Crippen LogP contribution in [0.25, 0.3) is 17.0 Å². The molecule has 0 aliphatic carbocycles. The van der Waals surface area contributed by atoms with Gasteiger partial charge in [0.1, 0.15) is 22.8 Å². The largest absolute Gasteiger partial charge is 0.507 e. The second kappa shape index (κ2) is 7.60. The summed E-state index contributed by atoms with van der Waals surface area (Å²) >= 11 is 3.45. The minimum absolute atomic E-state index is 0.161. The molecule has 5 rings (SSSR count). The van der Waals surface area contributed by atoms with E-state index in [4.69, 9.17) is 9.15 Å². The number of hydrogen-bond donors (Lipinski definition) is 1. The van der Waals surface area contributed by atoms with Gasteiger partial charge >= 0.3 is 0 Å². The molecule has 0 amide bonds. The Labute approximate surface area is 183 Å². The summed E-state index contributed by atoms with van der Waals surface area (Å²) in [5.41, 5.74) is 1.90. The van der Waals surface area contributed by atoms with Crippen LogP contribution in [0.3, 0.4) is 0 Å². The Morgan fingerprint density at radius 2 is 2.10 bits per heavy atom. The monoisotopic (exact) mass is 467 g/mol. The molecule has 0 radical (unpaired) electrons. The van der Waals surface area contributed by atoms with Crippen molar-refractivity contribution in [3.63, 3.8) is 0 Å². The Kier molecular flexibility index (Phi) is 4.91. The molecule has 3 heterocycles. The second-order valence-electron chi connectivity index (χ2n) is 8.03. The molecule has 0 bridgehead atoms. The van der Waals surface area contributed by atoms with Crippen LogP contribution in [0.15, 0.2) is 51.0 Å². The van der Waals surface area contributed by atoms with E-state index >= 15 is 0 Å². The molecule has 1 aromatic heterocycles. The van der Waals surface area contributed by atoms with E-state index in [1.165, 1.54) is 6.42 Å². The first-order chi connectivity index (χ1) is 14.5. The van der Waals surface area contributed by atoms with Crippen molar-refractivity contribution in [2.45, 2.75) is 38.8 Å². The van der Waals surface area contributed by atoms with Gasteiger partial charge in [-0.2, -0.15) is 0 Å². The third-order valence-electron chi connectivity index (χ3n) is 5.99. The molecule has 3 aromatic rings. The zero-order valence-corrected chi connectivity index (χ0v) is 18.2. The normalized spacial score (nSPS) is 20.7. The topological polar surface area (TPSA) is 62.9 Å². The Balaban J connectivity index is 1.48. The van der Waals surface area contributed by atoms with E-state index in [1.807, 2.05) is 24.3 Å². The third kappa shape index (κ3) is 3.44. The Bertz CT molecular complexity index is 1180. The smallest absolute Gasteiger partial charge is 0.232 e. The van der Waals surface area contributed by atoms with Gasteiger partial charge in [-0.25, -0.2) is 0 Å². The lowest BCUT2D eigenvalue weighted by molar-refractivity contribution is 0.101. The van der Waals surface area contributed by atoms with Crippen molar-refractivity contribution >= 4 is 38.8 Å². The van der Waals surface area contributed by atoms with Crippen LogP contribution in [0.2, 0.25) is 0 Å². The summed E-state index contributed by atoms with van der Waals surface area (Å²) < 4.78 is 12.8. The van der Waals surface area contributed by atoms with E-state index in [-0.39, 0.29) is 17.3 Å². The lowest BCUT2D eigenvalue weighted by Crippen LogP contribution is -2.36. The first kappa shape index (κ1) is 19.4. The van der Waals surface area contributed by atoms with Gasteiger partial charge in [0.25, 0.3) is 0 Å². The number of phenolic OH excluding ortho intramolecular Hbond substituents is 1. The number of halogens is 1. The fourth-order valence-electron chi connectivity index (χ4n) is 4.28. The SMILES string of the molecule is C[C@@H]1CCCCN1Cc1c(O)ccc2c1O/C(=C\c1cc3cc(Br)ccc3o1)C2=O. The minimum Gasteiger partial charge on any atom is -0.507 e. The van der Waals surface area contributed by atoms with Crippen LogP contribution in [0, 0.1) is 0 Å². The predicted octanol–water partition coefficient (Wildman–Crippen LogP) is 5.89. The highest BCUT2D eigenvalue weighted by Crippen LogP contribution is 2.41. The number of fused-ring (bicyclic) bond motifs is 2. The summed E-state index contributed by atoms with van der Waals surface area (Å²) in [5.74, 6) is 1.19. The van der Waals surface area contributed by atoms with E-state index in [0.29, 0.717) is 35.2 Å². The highest BCUT2D eigenvalue weighted by Gasteiger charge is 2.32. The molecule has 1 N–H and O–H groups in total. The van der Waals surface area contributed by atoms with Crippen LogP contribution in [-0.2, 0) is 6.54 Å². The number of ketones is 1. The molecule has 5 nitrogen and oxygen atoms in total. The molecular formula is C24H22BrNO4. The molecule has 2 aliphatic heterocycles. The summed E-state index contributed by atoms with van der Waals surface area (Å²) in [6.07, 6.45) is 5.14. The van der Waals surface area contributed by atoms with Crippen molar-refractivity contribution in [3.8, 4) is 11.5 Å². The van der Waals surface area contributed by atoms with Crippen molar-refractivity contribution in [2.24, 2.45) is 0 Å². The summed E-state index contributed by atoms with van der Waals surface area (Å²) in [4.78, 5) is 15.3. The van der Waals surface area contributed by atoms with Crippen LogP contribution in [0.4, 0.5) is 0 Å². The van der Waals surface area contributed by atoms with Crippen LogP contribution >= 0.6 is 15.9 Å². The fourth-order valence-corrected chi connectivity index (χ4v) is 4.66. The van der Waals surface area contributed by atoms with Gasteiger partial charge in [-0.15, -0.1) is 0 Å². The molecule has 1 atom stereocenters. The van der Waals surface area contributed by atoms with Gasteiger partial charge in [0.2, 0.25) is 5.78 Å². The van der Waals surface area contributed by atoms with Gasteiger partial charge in [-0.05, 0) is 62.7 Å². The molecule has 6 heteroatoms. The van der Waals surface area contributed by atoms with Gasteiger partial charge in [0.15, 0.2) is 5.76 Å².